The molecule has 1 aromatic heterocycles. The first-order valence-electron chi connectivity index (χ1n) is 8.21. The Bertz CT molecular complexity index is 1150. The predicted octanol–water partition coefficient (Wildman–Crippen LogP) is 3.48. The molecule has 0 aliphatic rings. The Morgan fingerprint density at radius 3 is 2.70 bits per heavy atom. The van der Waals surface area contributed by atoms with Crippen LogP contribution in [-0.2, 0) is 10.0 Å². The van der Waals surface area contributed by atoms with Gasteiger partial charge < -0.3 is 9.15 Å². The van der Waals surface area contributed by atoms with Crippen LogP contribution in [0.3, 0.4) is 0 Å². The number of rotatable bonds is 6. The molecule has 0 aliphatic carbocycles. The van der Waals surface area contributed by atoms with Gasteiger partial charge in [-0.15, -0.1) is 0 Å². The molecule has 3 rings (SSSR count). The number of fused-ring (bicyclic) bond motifs is 1. The lowest BCUT2D eigenvalue weighted by Gasteiger charge is -2.12. The van der Waals surface area contributed by atoms with Crippen molar-refractivity contribution in [2.45, 2.75) is 13.3 Å². The van der Waals surface area contributed by atoms with E-state index in [1.165, 1.54) is 6.07 Å². The molecule has 0 atom stereocenters. The van der Waals surface area contributed by atoms with Crippen molar-refractivity contribution in [3.63, 3.8) is 0 Å². The van der Waals surface area contributed by atoms with Crippen LogP contribution in [0.15, 0.2) is 51.7 Å². The van der Waals surface area contributed by atoms with Crippen LogP contribution in [0.5, 0.6) is 5.75 Å². The van der Waals surface area contributed by atoms with Crippen LogP contribution in [0.1, 0.15) is 12.0 Å². The fourth-order valence-electron chi connectivity index (χ4n) is 2.67. The van der Waals surface area contributed by atoms with E-state index in [2.05, 4.69) is 0 Å². The van der Waals surface area contributed by atoms with E-state index in [0.29, 0.717) is 33.1 Å². The fourth-order valence-corrected chi connectivity index (χ4v) is 3.40. The van der Waals surface area contributed by atoms with Crippen LogP contribution in [0.4, 0.5) is 0 Å². The molecule has 2 N–H and O–H groups in total. The number of benzene rings is 2. The summed E-state index contributed by atoms with van der Waals surface area (Å²) >= 11 is 6.17. The maximum atomic E-state index is 12.4. The van der Waals surface area contributed by atoms with Gasteiger partial charge in [0.2, 0.25) is 10.0 Å². The summed E-state index contributed by atoms with van der Waals surface area (Å²) in [6.07, 6.45) is 0.250. The molecule has 0 aliphatic heterocycles. The highest BCUT2D eigenvalue weighted by molar-refractivity contribution is 7.89. The van der Waals surface area contributed by atoms with E-state index in [9.17, 15) is 13.2 Å². The number of sulfonamides is 1. The van der Waals surface area contributed by atoms with Crippen molar-refractivity contribution in [2.75, 3.05) is 12.4 Å². The first kappa shape index (κ1) is 19.4. The topological polar surface area (TPSA) is 99.6 Å². The molecule has 0 amide bonds. The van der Waals surface area contributed by atoms with Crippen molar-refractivity contribution < 1.29 is 17.6 Å². The van der Waals surface area contributed by atoms with Gasteiger partial charge in [-0.3, -0.25) is 4.79 Å². The predicted molar refractivity (Wildman–Crippen MR) is 106 cm³/mol. The number of aryl methyl sites for hydroxylation is 1. The van der Waals surface area contributed by atoms with E-state index >= 15 is 0 Å². The van der Waals surface area contributed by atoms with Crippen molar-refractivity contribution in [3.05, 3.63) is 63.3 Å². The molecule has 3 aromatic rings. The fraction of sp³-hybridized carbons (Fsp3) is 0.211. The van der Waals surface area contributed by atoms with Gasteiger partial charge in [-0.2, -0.15) is 0 Å². The molecule has 27 heavy (non-hydrogen) atoms. The Hall–Kier alpha value is -2.35. The zero-order valence-electron chi connectivity index (χ0n) is 14.6. The van der Waals surface area contributed by atoms with Crippen LogP contribution in [0.25, 0.3) is 22.3 Å². The largest absolute Gasteiger partial charge is 0.493 e. The van der Waals surface area contributed by atoms with E-state index in [1.54, 1.807) is 30.3 Å². The molecule has 0 spiro atoms. The minimum Gasteiger partial charge on any atom is -0.493 e. The van der Waals surface area contributed by atoms with Crippen LogP contribution >= 0.6 is 11.6 Å². The molecule has 142 valence electrons. The number of ether oxygens (including phenoxy) is 1. The van der Waals surface area contributed by atoms with Crippen LogP contribution in [0, 0.1) is 6.92 Å². The summed E-state index contributed by atoms with van der Waals surface area (Å²) in [5.74, 6) is 0.635. The second-order valence-electron chi connectivity index (χ2n) is 6.16. The normalized spacial score (nSPS) is 11.7. The third kappa shape index (κ3) is 4.68. The quantitative estimate of drug-likeness (QED) is 0.630. The molecule has 0 fully saturated rings. The highest BCUT2D eigenvalue weighted by Gasteiger charge is 2.14. The van der Waals surface area contributed by atoms with E-state index in [0.717, 1.165) is 5.56 Å². The lowest BCUT2D eigenvalue weighted by molar-refractivity contribution is 0.318. The summed E-state index contributed by atoms with van der Waals surface area (Å²) in [7, 11) is -3.54. The molecule has 0 bridgehead atoms. The molecule has 0 radical (unpaired) electrons. The third-order valence-corrected chi connectivity index (χ3v) is 5.10. The Morgan fingerprint density at radius 2 is 1.96 bits per heavy atom. The second-order valence-corrected chi connectivity index (χ2v) is 8.30. The first-order chi connectivity index (χ1) is 12.7. The number of primary sulfonamides is 1. The minimum atomic E-state index is -3.54. The highest BCUT2D eigenvalue weighted by atomic mass is 35.5. The van der Waals surface area contributed by atoms with Gasteiger partial charge in [0, 0.05) is 6.07 Å². The lowest BCUT2D eigenvalue weighted by Crippen LogP contribution is -2.18. The van der Waals surface area contributed by atoms with Crippen LogP contribution < -0.4 is 15.3 Å². The SMILES string of the molecule is Cc1ccc(-c2cc(=O)c3cccc(Cl)c3o2)c(OCCCS(N)(=O)=O)c1. The van der Waals surface area contributed by atoms with Crippen molar-refractivity contribution in [2.24, 2.45) is 5.14 Å². The minimum absolute atomic E-state index is 0.158. The smallest absolute Gasteiger partial charge is 0.209 e. The summed E-state index contributed by atoms with van der Waals surface area (Å²) in [5.41, 5.74) is 1.62. The lowest BCUT2D eigenvalue weighted by atomic mass is 10.1. The summed E-state index contributed by atoms with van der Waals surface area (Å²) in [6, 6.07) is 11.8. The molecule has 0 unspecified atom stereocenters. The zero-order valence-corrected chi connectivity index (χ0v) is 16.1. The second kappa shape index (κ2) is 7.72. The number of para-hydroxylation sites is 1. The average molecular weight is 408 g/mol. The Labute approximate surface area is 161 Å². The summed E-state index contributed by atoms with van der Waals surface area (Å²) in [6.45, 7) is 2.06. The maximum absolute atomic E-state index is 12.4. The van der Waals surface area contributed by atoms with Crippen LogP contribution in [-0.4, -0.2) is 20.8 Å². The Morgan fingerprint density at radius 1 is 1.19 bits per heavy atom. The van der Waals surface area contributed by atoms with Gasteiger partial charge in [0.25, 0.3) is 0 Å². The molecular weight excluding hydrogens is 390 g/mol. The first-order valence-corrected chi connectivity index (χ1v) is 10.3. The van der Waals surface area contributed by atoms with Gasteiger partial charge in [-0.25, -0.2) is 13.6 Å². The standard InChI is InChI=1S/C19H18ClNO5S/c1-12-6-7-14(17(10-12)25-8-3-9-27(21,23)24)18-11-16(22)13-4-2-5-15(20)19(13)26-18/h2,4-7,10-11H,3,8-9H2,1H3,(H2,21,23,24). The van der Waals surface area contributed by atoms with Gasteiger partial charge in [-0.1, -0.05) is 23.7 Å². The van der Waals surface area contributed by atoms with Gasteiger partial charge in [0.1, 0.15) is 11.5 Å². The summed E-state index contributed by atoms with van der Waals surface area (Å²) < 4.78 is 33.7. The van der Waals surface area contributed by atoms with Crippen molar-refractivity contribution >= 4 is 32.6 Å². The van der Waals surface area contributed by atoms with Crippen LogP contribution in [0.2, 0.25) is 5.02 Å². The Kier molecular flexibility index (Phi) is 5.55. The van der Waals surface area contributed by atoms with E-state index in [1.807, 2.05) is 13.0 Å². The van der Waals surface area contributed by atoms with E-state index in [-0.39, 0.29) is 24.2 Å². The van der Waals surface area contributed by atoms with Crippen molar-refractivity contribution in [1.82, 2.24) is 0 Å². The third-order valence-electron chi connectivity index (χ3n) is 3.94. The van der Waals surface area contributed by atoms with Gasteiger partial charge in [0.15, 0.2) is 11.0 Å². The highest BCUT2D eigenvalue weighted by Crippen LogP contribution is 2.33. The average Bonchev–Trinajstić information content (AvgIpc) is 2.59. The molecule has 0 saturated carbocycles. The number of hydrogen-bond donors (Lipinski definition) is 1. The van der Waals surface area contributed by atoms with Gasteiger partial charge >= 0.3 is 0 Å². The molecule has 0 saturated heterocycles. The van der Waals surface area contributed by atoms with E-state index < -0.39 is 10.0 Å². The monoisotopic (exact) mass is 407 g/mol. The van der Waals surface area contributed by atoms with Gasteiger partial charge in [-0.05, 0) is 43.2 Å². The molecular formula is C19H18ClNO5S. The summed E-state index contributed by atoms with van der Waals surface area (Å²) in [5, 5.41) is 5.74. The summed E-state index contributed by atoms with van der Waals surface area (Å²) in [4.78, 5) is 12.4. The Balaban J connectivity index is 1.98. The molecule has 8 heteroatoms. The molecule has 1 heterocycles. The zero-order chi connectivity index (χ0) is 19.6. The molecule has 2 aromatic carbocycles. The number of nitrogens with two attached hydrogens (primary N) is 1. The van der Waals surface area contributed by atoms with Crippen molar-refractivity contribution in [1.29, 1.82) is 0 Å². The maximum Gasteiger partial charge on any atom is 0.209 e. The number of hydrogen-bond acceptors (Lipinski definition) is 5. The molecule has 6 nitrogen and oxygen atoms in total. The van der Waals surface area contributed by atoms with Crippen molar-refractivity contribution in [3.8, 4) is 17.1 Å². The number of halogens is 1. The van der Waals surface area contributed by atoms with E-state index in [4.69, 9.17) is 25.9 Å². The van der Waals surface area contributed by atoms with Gasteiger partial charge in [0.05, 0.1) is 28.3 Å².